The molecule has 0 spiro atoms. The lowest BCUT2D eigenvalue weighted by Crippen LogP contribution is -2.23. The summed E-state index contributed by atoms with van der Waals surface area (Å²) in [7, 11) is 1.60. The molecule has 0 N–H and O–H groups in total. The van der Waals surface area contributed by atoms with E-state index in [1.807, 2.05) is 0 Å². The van der Waals surface area contributed by atoms with Gasteiger partial charge in [0.05, 0.1) is 23.3 Å². The number of aryl methyl sites for hydroxylation is 1. The Morgan fingerprint density at radius 2 is 1.96 bits per heavy atom. The molecule has 0 aliphatic carbocycles. The molecule has 0 radical (unpaired) electrons. The maximum absolute atomic E-state index is 12.3. The van der Waals surface area contributed by atoms with Crippen molar-refractivity contribution < 1.29 is 22.7 Å². The molecule has 0 saturated heterocycles. The lowest BCUT2D eigenvalue weighted by Gasteiger charge is -2.14. The van der Waals surface area contributed by atoms with Gasteiger partial charge in [-0.3, -0.25) is 4.79 Å². The minimum absolute atomic E-state index is 0.276. The first-order valence-electron chi connectivity index (χ1n) is 7.81. The minimum Gasteiger partial charge on any atom is -0.406 e. The van der Waals surface area contributed by atoms with Gasteiger partial charge in [0.1, 0.15) is 5.75 Å². The van der Waals surface area contributed by atoms with Gasteiger partial charge in [0.25, 0.3) is 0 Å². The SMILES string of the molecule is C=CC(=O)N(C)c1cnc2c(c1)c(C)nn2-c1ccc(OC(F)(F)F)cc1. The normalized spacial score (nSPS) is 11.4. The molecule has 2 heterocycles. The standard InChI is InChI=1S/C18H15F3N4O2/c1-4-16(26)24(3)13-9-15-11(2)23-25(17(15)22-10-13)12-5-7-14(8-6-12)27-18(19,20)21/h4-10H,1H2,2-3H3. The number of ether oxygens (including phenoxy) is 1. The Labute approximate surface area is 152 Å². The molecule has 140 valence electrons. The van der Waals surface area contributed by atoms with E-state index in [1.165, 1.54) is 46.1 Å². The van der Waals surface area contributed by atoms with Gasteiger partial charge in [-0.05, 0) is 43.3 Å². The van der Waals surface area contributed by atoms with Crippen molar-refractivity contribution in [2.75, 3.05) is 11.9 Å². The van der Waals surface area contributed by atoms with Crippen molar-refractivity contribution in [2.45, 2.75) is 13.3 Å². The number of benzene rings is 1. The van der Waals surface area contributed by atoms with E-state index in [4.69, 9.17) is 0 Å². The van der Waals surface area contributed by atoms with E-state index in [0.717, 1.165) is 0 Å². The fourth-order valence-electron chi connectivity index (χ4n) is 2.55. The molecule has 0 unspecified atom stereocenters. The number of hydrogen-bond donors (Lipinski definition) is 0. The summed E-state index contributed by atoms with van der Waals surface area (Å²) in [6.07, 6.45) is -2.03. The second kappa shape index (κ2) is 6.75. The number of anilines is 1. The molecule has 0 aliphatic heterocycles. The molecule has 0 fully saturated rings. The molecule has 3 aromatic rings. The van der Waals surface area contributed by atoms with Crippen molar-refractivity contribution in [2.24, 2.45) is 0 Å². The maximum atomic E-state index is 12.3. The van der Waals surface area contributed by atoms with E-state index in [0.29, 0.717) is 28.1 Å². The number of likely N-dealkylation sites (N-methyl/N-ethyl adjacent to an activating group) is 1. The Balaban J connectivity index is 1.99. The average Bonchev–Trinajstić information content (AvgIpc) is 2.96. The zero-order valence-electron chi connectivity index (χ0n) is 14.5. The van der Waals surface area contributed by atoms with Gasteiger partial charge in [-0.25, -0.2) is 9.67 Å². The highest BCUT2D eigenvalue weighted by molar-refractivity contribution is 6.01. The van der Waals surface area contributed by atoms with E-state index in [2.05, 4.69) is 21.4 Å². The first kappa shape index (κ1) is 18.4. The summed E-state index contributed by atoms with van der Waals surface area (Å²) in [6.45, 7) is 5.23. The Kier molecular flexibility index (Phi) is 4.61. The van der Waals surface area contributed by atoms with Crippen LogP contribution in [0.1, 0.15) is 5.69 Å². The van der Waals surface area contributed by atoms with E-state index in [-0.39, 0.29) is 11.7 Å². The molecule has 6 nitrogen and oxygen atoms in total. The molecule has 3 rings (SSSR count). The van der Waals surface area contributed by atoms with E-state index >= 15 is 0 Å². The number of carbonyl (C=O) groups is 1. The average molecular weight is 376 g/mol. The highest BCUT2D eigenvalue weighted by Gasteiger charge is 2.31. The van der Waals surface area contributed by atoms with Crippen molar-refractivity contribution in [1.82, 2.24) is 14.8 Å². The number of fused-ring (bicyclic) bond motifs is 1. The largest absolute Gasteiger partial charge is 0.573 e. The van der Waals surface area contributed by atoms with Crippen LogP contribution >= 0.6 is 0 Å². The van der Waals surface area contributed by atoms with Crippen molar-refractivity contribution in [3.63, 3.8) is 0 Å². The Morgan fingerprint density at radius 3 is 2.56 bits per heavy atom. The number of aromatic nitrogens is 3. The number of nitrogens with zero attached hydrogens (tertiary/aromatic N) is 4. The highest BCUT2D eigenvalue weighted by atomic mass is 19.4. The van der Waals surface area contributed by atoms with Gasteiger partial charge < -0.3 is 9.64 Å². The Hall–Kier alpha value is -3.36. The summed E-state index contributed by atoms with van der Waals surface area (Å²) in [5, 5.41) is 5.11. The predicted octanol–water partition coefficient (Wildman–Crippen LogP) is 3.78. The molecule has 2 aromatic heterocycles. The number of amides is 1. The van der Waals surface area contributed by atoms with Crippen LogP contribution in [0.15, 0.2) is 49.2 Å². The molecule has 27 heavy (non-hydrogen) atoms. The topological polar surface area (TPSA) is 60.2 Å². The highest BCUT2D eigenvalue weighted by Crippen LogP contribution is 2.27. The van der Waals surface area contributed by atoms with Crippen LogP contribution in [0.5, 0.6) is 5.75 Å². The zero-order chi connectivity index (χ0) is 19.8. The lowest BCUT2D eigenvalue weighted by atomic mass is 10.2. The van der Waals surface area contributed by atoms with Gasteiger partial charge in [0, 0.05) is 12.4 Å². The minimum atomic E-state index is -4.75. The van der Waals surface area contributed by atoms with Crippen LogP contribution in [0.2, 0.25) is 0 Å². The summed E-state index contributed by atoms with van der Waals surface area (Å²) in [5.41, 5.74) is 2.27. The van der Waals surface area contributed by atoms with Gasteiger partial charge in [0.15, 0.2) is 5.65 Å². The monoisotopic (exact) mass is 376 g/mol. The first-order chi connectivity index (χ1) is 12.7. The lowest BCUT2D eigenvalue weighted by molar-refractivity contribution is -0.274. The number of rotatable bonds is 4. The smallest absolute Gasteiger partial charge is 0.406 e. The second-order valence-electron chi connectivity index (χ2n) is 5.70. The number of pyridine rings is 1. The molecule has 0 bridgehead atoms. The molecular weight excluding hydrogens is 361 g/mol. The van der Waals surface area contributed by atoms with Gasteiger partial charge in [0.2, 0.25) is 5.91 Å². The van der Waals surface area contributed by atoms with Crippen molar-refractivity contribution in [1.29, 1.82) is 0 Å². The first-order valence-corrected chi connectivity index (χ1v) is 7.81. The Bertz CT molecular complexity index is 1010. The quantitative estimate of drug-likeness (QED) is 0.651. The molecule has 0 atom stereocenters. The molecule has 0 aliphatic rings. The number of halogens is 3. The fourth-order valence-corrected chi connectivity index (χ4v) is 2.55. The van der Waals surface area contributed by atoms with Crippen LogP contribution in [0.25, 0.3) is 16.7 Å². The third-order valence-corrected chi connectivity index (χ3v) is 3.90. The molecule has 9 heteroatoms. The fraction of sp³-hybridized carbons (Fsp3) is 0.167. The Morgan fingerprint density at radius 1 is 1.30 bits per heavy atom. The van der Waals surface area contributed by atoms with Crippen LogP contribution < -0.4 is 9.64 Å². The second-order valence-corrected chi connectivity index (χ2v) is 5.70. The van der Waals surface area contributed by atoms with Crippen LogP contribution in [-0.2, 0) is 4.79 Å². The van der Waals surface area contributed by atoms with Crippen molar-refractivity contribution in [3.05, 3.63) is 54.9 Å². The summed E-state index contributed by atoms with van der Waals surface area (Å²) < 4.78 is 42.2. The van der Waals surface area contributed by atoms with Gasteiger partial charge in [-0.15, -0.1) is 13.2 Å². The van der Waals surface area contributed by atoms with Gasteiger partial charge >= 0.3 is 6.36 Å². The van der Waals surface area contributed by atoms with Crippen LogP contribution in [-0.4, -0.2) is 34.1 Å². The number of carbonyl (C=O) groups excluding carboxylic acids is 1. The molecule has 0 saturated carbocycles. The summed E-state index contributed by atoms with van der Waals surface area (Å²) >= 11 is 0. The van der Waals surface area contributed by atoms with Crippen LogP contribution in [0, 0.1) is 6.92 Å². The van der Waals surface area contributed by atoms with Gasteiger partial charge in [-0.2, -0.15) is 5.10 Å². The van der Waals surface area contributed by atoms with Crippen LogP contribution in [0.4, 0.5) is 18.9 Å². The van der Waals surface area contributed by atoms with Crippen molar-refractivity contribution >= 4 is 22.6 Å². The summed E-state index contributed by atoms with van der Waals surface area (Å²) in [6, 6.07) is 7.09. The molecule has 1 aromatic carbocycles. The number of hydrogen-bond acceptors (Lipinski definition) is 4. The van der Waals surface area contributed by atoms with E-state index in [1.54, 1.807) is 20.0 Å². The van der Waals surface area contributed by atoms with E-state index in [9.17, 15) is 18.0 Å². The third-order valence-electron chi connectivity index (χ3n) is 3.90. The zero-order valence-corrected chi connectivity index (χ0v) is 14.5. The maximum Gasteiger partial charge on any atom is 0.573 e. The van der Waals surface area contributed by atoms with Crippen molar-refractivity contribution in [3.8, 4) is 11.4 Å². The molecular formula is C18H15F3N4O2. The number of alkyl halides is 3. The van der Waals surface area contributed by atoms with Crippen LogP contribution in [0.3, 0.4) is 0 Å². The summed E-state index contributed by atoms with van der Waals surface area (Å²) in [4.78, 5) is 17.5. The predicted molar refractivity (Wildman–Crippen MR) is 93.9 cm³/mol. The third kappa shape index (κ3) is 3.76. The van der Waals surface area contributed by atoms with Gasteiger partial charge in [-0.1, -0.05) is 6.58 Å². The summed E-state index contributed by atoms with van der Waals surface area (Å²) in [5.74, 6) is -0.597. The van der Waals surface area contributed by atoms with E-state index < -0.39 is 6.36 Å². The molecule has 1 amide bonds.